The Hall–Kier alpha value is -2.02. The minimum absolute atomic E-state index is 0.387. The summed E-state index contributed by atoms with van der Waals surface area (Å²) < 4.78 is 7.69. The third kappa shape index (κ3) is 4.78. The molecule has 0 saturated carbocycles. The van der Waals surface area contributed by atoms with Crippen LogP contribution in [0.15, 0.2) is 59.1 Å². The summed E-state index contributed by atoms with van der Waals surface area (Å²) in [6, 6.07) is 8.27. The minimum Gasteiger partial charge on any atom is -0.383 e. The van der Waals surface area contributed by atoms with Crippen molar-refractivity contribution in [3.05, 3.63) is 54.1 Å². The van der Waals surface area contributed by atoms with Crippen molar-refractivity contribution in [2.45, 2.75) is 13.0 Å². The highest BCUT2D eigenvalue weighted by molar-refractivity contribution is 7.85. The number of hydrogen-bond donors (Lipinski definition) is 2. The van der Waals surface area contributed by atoms with E-state index in [9.17, 15) is 0 Å². The maximum absolute atomic E-state index is 5.99. The Labute approximate surface area is 160 Å². The van der Waals surface area contributed by atoms with Crippen molar-refractivity contribution in [1.29, 1.82) is 0 Å². The Bertz CT molecular complexity index is 818. The van der Waals surface area contributed by atoms with Crippen LogP contribution in [0.4, 0.5) is 5.69 Å². The number of nitrogens with zero attached hydrogens (tertiary/aromatic N) is 3. The topological polar surface area (TPSA) is 55.8 Å². The van der Waals surface area contributed by atoms with Crippen LogP contribution >= 0.6 is 12.6 Å². The number of benzene rings is 1. The predicted molar refractivity (Wildman–Crippen MR) is 112 cm³/mol. The first-order chi connectivity index (χ1) is 12.7. The molecule has 1 fully saturated rings. The zero-order chi connectivity index (χ0) is 18.4. The van der Waals surface area contributed by atoms with E-state index < -0.39 is 0 Å². The highest BCUT2D eigenvalue weighted by Gasteiger charge is 2.10. The molecule has 1 aromatic carbocycles. The lowest BCUT2D eigenvalue weighted by molar-refractivity contribution is 0.0370. The Balaban J connectivity index is 1.70. The molecule has 0 spiro atoms. The van der Waals surface area contributed by atoms with Gasteiger partial charge in [0.15, 0.2) is 0 Å². The third-order valence-electron chi connectivity index (χ3n) is 4.52. The van der Waals surface area contributed by atoms with Gasteiger partial charge in [0.1, 0.15) is 5.84 Å². The monoisotopic (exact) mass is 370 g/mol. The second-order valence-corrected chi connectivity index (χ2v) is 6.83. The number of ether oxygens (including phenoxy) is 1. The van der Waals surface area contributed by atoms with Crippen LogP contribution in [0.1, 0.15) is 6.42 Å². The summed E-state index contributed by atoms with van der Waals surface area (Å²) in [6.07, 6.45) is 6.63. The molecule has 26 heavy (non-hydrogen) atoms. The van der Waals surface area contributed by atoms with Gasteiger partial charge in [-0.1, -0.05) is 18.7 Å². The van der Waals surface area contributed by atoms with E-state index in [4.69, 9.17) is 10.5 Å². The molecule has 1 saturated heterocycles. The average molecular weight is 371 g/mol. The molecule has 1 aliphatic rings. The third-order valence-corrected chi connectivity index (χ3v) is 4.90. The van der Waals surface area contributed by atoms with E-state index in [0.29, 0.717) is 10.7 Å². The summed E-state index contributed by atoms with van der Waals surface area (Å²) in [6.45, 7) is 9.51. The normalized spacial score (nSPS) is 17.0. The number of nitrogens with two attached hydrogens (primary N) is 1. The number of thiol groups is 1. The van der Waals surface area contributed by atoms with Gasteiger partial charge in [-0.25, -0.2) is 4.99 Å². The van der Waals surface area contributed by atoms with Crippen LogP contribution in [0, 0.1) is 0 Å². The summed E-state index contributed by atoms with van der Waals surface area (Å²) in [4.78, 5) is 7.54. The van der Waals surface area contributed by atoms with Gasteiger partial charge in [0.05, 0.1) is 24.4 Å². The van der Waals surface area contributed by atoms with Crippen molar-refractivity contribution < 1.29 is 4.74 Å². The van der Waals surface area contributed by atoms with Crippen LogP contribution in [0.3, 0.4) is 0 Å². The van der Waals surface area contributed by atoms with Gasteiger partial charge >= 0.3 is 0 Å². The number of allylic oxidation sites excluding steroid dienone is 2. The molecule has 5 nitrogen and oxygen atoms in total. The predicted octanol–water partition coefficient (Wildman–Crippen LogP) is 3.35. The minimum atomic E-state index is 0.387. The van der Waals surface area contributed by atoms with Crippen molar-refractivity contribution in [3.63, 3.8) is 0 Å². The van der Waals surface area contributed by atoms with Crippen molar-refractivity contribution in [2.24, 2.45) is 10.7 Å². The molecule has 0 aliphatic carbocycles. The van der Waals surface area contributed by atoms with Crippen LogP contribution in [0.5, 0.6) is 0 Å². The number of aliphatic imine (C=N–C) groups is 1. The van der Waals surface area contributed by atoms with E-state index in [1.807, 2.05) is 6.07 Å². The molecule has 0 unspecified atom stereocenters. The lowest BCUT2D eigenvalue weighted by atomic mass is 10.2. The maximum Gasteiger partial charge on any atom is 0.137 e. The fourth-order valence-electron chi connectivity index (χ4n) is 3.12. The Morgan fingerprint density at radius 1 is 1.27 bits per heavy atom. The van der Waals surface area contributed by atoms with Gasteiger partial charge in [-0.05, 0) is 36.1 Å². The van der Waals surface area contributed by atoms with Crippen LogP contribution in [0.2, 0.25) is 0 Å². The highest BCUT2D eigenvalue weighted by Crippen LogP contribution is 2.23. The number of amidine groups is 1. The van der Waals surface area contributed by atoms with Gasteiger partial charge in [0, 0.05) is 37.3 Å². The number of morpholine rings is 1. The quantitative estimate of drug-likeness (QED) is 0.340. The van der Waals surface area contributed by atoms with Crippen LogP contribution < -0.4 is 5.73 Å². The molecule has 2 heterocycles. The first-order valence-corrected chi connectivity index (χ1v) is 9.37. The molecule has 0 radical (unpaired) electrons. The van der Waals surface area contributed by atoms with Crippen LogP contribution in [-0.4, -0.2) is 48.2 Å². The van der Waals surface area contributed by atoms with E-state index in [1.54, 1.807) is 12.2 Å². The van der Waals surface area contributed by atoms with Crippen molar-refractivity contribution in [1.82, 2.24) is 9.47 Å². The van der Waals surface area contributed by atoms with Gasteiger partial charge in [0.25, 0.3) is 0 Å². The summed E-state index contributed by atoms with van der Waals surface area (Å²) in [5.74, 6) is 0.387. The van der Waals surface area contributed by atoms with E-state index in [2.05, 4.69) is 58.1 Å². The van der Waals surface area contributed by atoms with E-state index in [0.717, 1.165) is 51.5 Å². The van der Waals surface area contributed by atoms with E-state index in [-0.39, 0.29) is 0 Å². The van der Waals surface area contributed by atoms with Gasteiger partial charge < -0.3 is 15.0 Å². The SMILES string of the molecule is C=C/C=C(\S)C(N)=Nc1ccc2ccn(CCCN3CCOCC3)c2c1. The molecule has 0 bridgehead atoms. The largest absolute Gasteiger partial charge is 0.383 e. The van der Waals surface area contributed by atoms with E-state index >= 15 is 0 Å². The summed E-state index contributed by atoms with van der Waals surface area (Å²) in [5.41, 5.74) is 7.99. The summed E-state index contributed by atoms with van der Waals surface area (Å²) in [7, 11) is 0. The molecule has 1 aromatic heterocycles. The molecule has 2 aromatic rings. The van der Waals surface area contributed by atoms with E-state index in [1.165, 1.54) is 10.9 Å². The number of fused-ring (bicyclic) bond motifs is 1. The smallest absolute Gasteiger partial charge is 0.137 e. The highest BCUT2D eigenvalue weighted by atomic mass is 32.1. The number of aromatic nitrogens is 1. The van der Waals surface area contributed by atoms with Crippen LogP contribution in [-0.2, 0) is 11.3 Å². The van der Waals surface area contributed by atoms with Crippen molar-refractivity contribution >= 4 is 35.1 Å². The summed E-state index contributed by atoms with van der Waals surface area (Å²) >= 11 is 4.33. The molecular weight excluding hydrogens is 344 g/mol. The molecule has 1 aliphatic heterocycles. The second kappa shape index (κ2) is 9.07. The molecular formula is C20H26N4OS. The fraction of sp³-hybridized carbons (Fsp3) is 0.350. The van der Waals surface area contributed by atoms with Crippen molar-refractivity contribution in [2.75, 3.05) is 32.8 Å². The van der Waals surface area contributed by atoms with Gasteiger partial charge in [0.2, 0.25) is 0 Å². The molecule has 2 N–H and O–H groups in total. The van der Waals surface area contributed by atoms with Gasteiger partial charge in [-0.3, -0.25) is 4.90 Å². The summed E-state index contributed by atoms with van der Waals surface area (Å²) in [5, 5.41) is 1.21. The number of hydrogen-bond acceptors (Lipinski definition) is 4. The Kier molecular flexibility index (Phi) is 6.55. The first-order valence-electron chi connectivity index (χ1n) is 8.92. The Morgan fingerprint density at radius 3 is 2.85 bits per heavy atom. The van der Waals surface area contributed by atoms with Crippen molar-refractivity contribution in [3.8, 4) is 0 Å². The molecule has 6 heteroatoms. The van der Waals surface area contributed by atoms with Crippen LogP contribution in [0.25, 0.3) is 10.9 Å². The Morgan fingerprint density at radius 2 is 2.08 bits per heavy atom. The molecule has 0 amide bonds. The second-order valence-electron chi connectivity index (χ2n) is 6.34. The number of aryl methyl sites for hydroxylation is 1. The van der Waals surface area contributed by atoms with Gasteiger partial charge in [-0.2, -0.15) is 0 Å². The molecule has 138 valence electrons. The molecule has 0 atom stereocenters. The lowest BCUT2D eigenvalue weighted by Crippen LogP contribution is -2.37. The number of rotatable bonds is 7. The maximum atomic E-state index is 5.99. The fourth-order valence-corrected chi connectivity index (χ4v) is 3.28. The van der Waals surface area contributed by atoms with Gasteiger partial charge in [-0.15, -0.1) is 12.6 Å². The zero-order valence-corrected chi connectivity index (χ0v) is 15.9. The average Bonchev–Trinajstić information content (AvgIpc) is 3.05. The zero-order valence-electron chi connectivity index (χ0n) is 15.0. The first kappa shape index (κ1) is 18.8. The standard InChI is InChI=1S/C20H26N4OS/c1-2-4-19(26)20(21)22-17-6-5-16-7-10-24(18(16)15-17)9-3-8-23-11-13-25-14-12-23/h2,4-7,10,15,26H,1,3,8-9,11-14H2,(H2,21,22)/b19-4-. The lowest BCUT2D eigenvalue weighted by Gasteiger charge is -2.26. The molecule has 3 rings (SSSR count).